The Kier molecular flexibility index (Phi) is 10.4. The van der Waals surface area contributed by atoms with Gasteiger partial charge in [0.15, 0.2) is 0 Å². The fourth-order valence-electron chi connectivity index (χ4n) is 14.1. The zero-order chi connectivity index (χ0) is 57.6. The number of nitrogens with zero attached hydrogens (tertiary/aromatic N) is 2. The van der Waals surface area contributed by atoms with Gasteiger partial charge in [-0.25, -0.2) is 0 Å². The number of hydrogen-bond acceptors (Lipinski definition) is 6. The SMILES string of the molecule is c1ccc2cc(-c3c4ccc(N(c5ccc6c(c5)oc5ccccc56)c5ccc6c(c5)oc5ccccc56)cc4c(-c4ccc5ccccc5c4)c4ccc(N(c5ccc6c(c5)oc5ccccc56)c5ccc6c(c5)oc5ccccc56)cc34)ccc2c1. The Labute approximate surface area is 503 Å². The first kappa shape index (κ1) is 48.5. The van der Waals surface area contributed by atoms with Crippen LogP contribution >= 0.6 is 0 Å². The van der Waals surface area contributed by atoms with Crippen molar-refractivity contribution in [2.24, 2.45) is 0 Å². The Morgan fingerprint density at radius 2 is 0.432 bits per heavy atom. The van der Waals surface area contributed by atoms with Gasteiger partial charge in [-0.15, -0.1) is 0 Å². The molecule has 0 spiro atoms. The van der Waals surface area contributed by atoms with Crippen LogP contribution < -0.4 is 9.80 Å². The van der Waals surface area contributed by atoms with Crippen molar-refractivity contribution in [1.82, 2.24) is 0 Å². The van der Waals surface area contributed by atoms with Gasteiger partial charge in [-0.2, -0.15) is 0 Å². The topological polar surface area (TPSA) is 59.0 Å². The molecular weight excluding hydrogens is 1080 g/mol. The van der Waals surface area contributed by atoms with Crippen molar-refractivity contribution in [3.05, 3.63) is 291 Å². The number of anilines is 6. The molecule has 88 heavy (non-hydrogen) atoms. The predicted molar refractivity (Wildman–Crippen MR) is 366 cm³/mol. The average Bonchev–Trinajstić information content (AvgIpc) is 1.19. The van der Waals surface area contributed by atoms with Crippen LogP contribution in [-0.4, -0.2) is 0 Å². The summed E-state index contributed by atoms with van der Waals surface area (Å²) in [4.78, 5) is 4.70. The number of furan rings is 4. The number of fused-ring (bicyclic) bond motifs is 16. The molecule has 6 heteroatoms. The van der Waals surface area contributed by atoms with Crippen molar-refractivity contribution in [3.63, 3.8) is 0 Å². The van der Waals surface area contributed by atoms with Crippen LogP contribution in [0.2, 0.25) is 0 Å². The minimum absolute atomic E-state index is 0.815. The smallest absolute Gasteiger partial charge is 0.137 e. The Hall–Kier alpha value is -11.9. The first-order valence-electron chi connectivity index (χ1n) is 29.8. The third-order valence-electron chi connectivity index (χ3n) is 18.2. The van der Waals surface area contributed by atoms with Crippen LogP contribution in [0.5, 0.6) is 0 Å². The molecule has 0 atom stereocenters. The van der Waals surface area contributed by atoms with E-state index in [1.54, 1.807) is 0 Å². The first-order chi connectivity index (χ1) is 43.6. The molecule has 4 heterocycles. The molecule has 0 aliphatic carbocycles. The summed E-state index contributed by atoms with van der Waals surface area (Å²) < 4.78 is 26.6. The van der Waals surface area contributed by atoms with Gasteiger partial charge in [-0.05, 0) is 175 Å². The zero-order valence-corrected chi connectivity index (χ0v) is 47.2. The van der Waals surface area contributed by atoms with Crippen LogP contribution in [0, 0.1) is 0 Å². The lowest BCUT2D eigenvalue weighted by Crippen LogP contribution is -2.10. The van der Waals surface area contributed by atoms with Gasteiger partial charge < -0.3 is 27.5 Å². The molecule has 0 unspecified atom stereocenters. The molecule has 0 N–H and O–H groups in total. The summed E-state index contributed by atoms with van der Waals surface area (Å²) in [6, 6.07) is 105. The van der Waals surface area contributed by atoms with Crippen LogP contribution in [0.1, 0.15) is 0 Å². The van der Waals surface area contributed by atoms with E-state index in [9.17, 15) is 0 Å². The standard InChI is InChI=1S/C82H48N2O4/c1-3-15-51-41-53(27-25-49(51)13-1)81-69-39-33-56(84(59-31-37-67-63-19-7-11-23-75(63)87-79(67)47-59)60-32-38-68-64-20-8-12-24-76(64)88-80(68)48-60)44-72(69)82(54-28-26-50-14-2-4-16-52(50)42-54)70-40-34-55(43-71(70)81)83(57-29-35-65-61-17-5-9-21-73(61)85-77(65)45-57)58-30-36-66-62-18-6-10-22-74(62)86-78(66)46-58/h1-48H. The van der Waals surface area contributed by atoms with E-state index in [1.807, 2.05) is 48.5 Å². The van der Waals surface area contributed by atoms with Crippen LogP contribution in [0.3, 0.4) is 0 Å². The van der Waals surface area contributed by atoms with Gasteiger partial charge in [0.1, 0.15) is 44.7 Å². The lowest BCUT2D eigenvalue weighted by Gasteiger charge is -2.28. The van der Waals surface area contributed by atoms with E-state index in [0.29, 0.717) is 0 Å². The third kappa shape index (κ3) is 7.49. The summed E-state index contributed by atoms with van der Waals surface area (Å²) in [6.07, 6.45) is 0. The molecule has 0 amide bonds. The fraction of sp³-hybridized carbons (Fsp3) is 0. The maximum absolute atomic E-state index is 6.64. The zero-order valence-electron chi connectivity index (χ0n) is 47.2. The molecule has 0 radical (unpaired) electrons. The van der Waals surface area contributed by atoms with Gasteiger partial charge in [-0.1, -0.05) is 158 Å². The van der Waals surface area contributed by atoms with E-state index < -0.39 is 0 Å². The van der Waals surface area contributed by atoms with Crippen molar-refractivity contribution >= 4 is 165 Å². The molecule has 0 fully saturated rings. The molecule has 19 aromatic rings. The summed E-state index contributed by atoms with van der Waals surface area (Å²) in [5, 5.41) is 17.8. The summed E-state index contributed by atoms with van der Waals surface area (Å²) in [5.41, 5.74) is 17.0. The number of benzene rings is 15. The van der Waals surface area contributed by atoms with Gasteiger partial charge in [0.05, 0.1) is 0 Å². The van der Waals surface area contributed by atoms with Gasteiger partial charge in [0.2, 0.25) is 0 Å². The number of hydrogen-bond donors (Lipinski definition) is 0. The lowest BCUT2D eigenvalue weighted by atomic mass is 9.84. The van der Waals surface area contributed by atoms with Crippen LogP contribution in [0.25, 0.3) is 153 Å². The second kappa shape index (κ2) is 18.8. The minimum Gasteiger partial charge on any atom is -0.456 e. The normalized spacial score (nSPS) is 12.1. The first-order valence-corrected chi connectivity index (χ1v) is 29.8. The summed E-state index contributed by atoms with van der Waals surface area (Å²) in [5.74, 6) is 0. The van der Waals surface area contributed by atoms with E-state index in [2.05, 4.69) is 252 Å². The van der Waals surface area contributed by atoms with E-state index in [0.717, 1.165) is 166 Å². The van der Waals surface area contributed by atoms with Crippen LogP contribution in [0.15, 0.2) is 309 Å². The van der Waals surface area contributed by atoms with Crippen molar-refractivity contribution in [3.8, 4) is 22.3 Å². The highest BCUT2D eigenvalue weighted by Gasteiger charge is 2.25. The fourth-order valence-corrected chi connectivity index (χ4v) is 14.1. The molecule has 19 rings (SSSR count). The molecule has 4 aromatic heterocycles. The highest BCUT2D eigenvalue weighted by atomic mass is 16.3. The Bertz CT molecular complexity index is 5520. The Morgan fingerprint density at radius 3 is 0.761 bits per heavy atom. The van der Waals surface area contributed by atoms with Gasteiger partial charge in [0, 0.05) is 101 Å². The molecule has 0 saturated heterocycles. The van der Waals surface area contributed by atoms with Gasteiger partial charge >= 0.3 is 0 Å². The predicted octanol–water partition coefficient (Wildman–Crippen LogP) is 24.2. The summed E-state index contributed by atoms with van der Waals surface area (Å²) in [7, 11) is 0. The maximum Gasteiger partial charge on any atom is 0.137 e. The molecule has 0 saturated carbocycles. The second-order valence-electron chi connectivity index (χ2n) is 23.1. The number of rotatable bonds is 8. The van der Waals surface area contributed by atoms with Crippen molar-refractivity contribution in [2.45, 2.75) is 0 Å². The second-order valence-corrected chi connectivity index (χ2v) is 23.1. The maximum atomic E-state index is 6.64. The largest absolute Gasteiger partial charge is 0.456 e. The molecule has 0 aliphatic rings. The van der Waals surface area contributed by atoms with Crippen LogP contribution in [-0.2, 0) is 0 Å². The van der Waals surface area contributed by atoms with Gasteiger partial charge in [-0.3, -0.25) is 0 Å². The van der Waals surface area contributed by atoms with E-state index >= 15 is 0 Å². The van der Waals surface area contributed by atoms with Crippen molar-refractivity contribution in [2.75, 3.05) is 9.80 Å². The molecule has 0 bridgehead atoms. The van der Waals surface area contributed by atoms with E-state index in [1.165, 1.54) is 21.5 Å². The Morgan fingerprint density at radius 1 is 0.170 bits per heavy atom. The molecule has 15 aromatic carbocycles. The van der Waals surface area contributed by atoms with E-state index in [-0.39, 0.29) is 0 Å². The monoisotopic (exact) mass is 1120 g/mol. The van der Waals surface area contributed by atoms with Crippen LogP contribution in [0.4, 0.5) is 34.1 Å². The third-order valence-corrected chi connectivity index (χ3v) is 18.2. The summed E-state index contributed by atoms with van der Waals surface area (Å²) in [6.45, 7) is 0. The minimum atomic E-state index is 0.815. The molecule has 6 nitrogen and oxygen atoms in total. The highest BCUT2D eigenvalue weighted by molar-refractivity contribution is 6.24. The molecular formula is C82H48N2O4. The molecule has 0 aliphatic heterocycles. The molecule has 410 valence electrons. The van der Waals surface area contributed by atoms with Gasteiger partial charge in [0.25, 0.3) is 0 Å². The van der Waals surface area contributed by atoms with Crippen molar-refractivity contribution < 1.29 is 17.7 Å². The van der Waals surface area contributed by atoms with Crippen molar-refractivity contribution in [1.29, 1.82) is 0 Å². The quantitative estimate of drug-likeness (QED) is 0.141. The van der Waals surface area contributed by atoms with E-state index in [4.69, 9.17) is 17.7 Å². The highest BCUT2D eigenvalue weighted by Crippen LogP contribution is 2.51. The Balaban J connectivity index is 0.900. The number of para-hydroxylation sites is 4. The lowest BCUT2D eigenvalue weighted by molar-refractivity contribution is 0.668. The average molecular weight is 1130 g/mol. The summed E-state index contributed by atoms with van der Waals surface area (Å²) >= 11 is 0.